The maximum atomic E-state index is 11.5. The molecule has 1 atom stereocenters. The highest BCUT2D eigenvalue weighted by Crippen LogP contribution is 2.22. The lowest BCUT2D eigenvalue weighted by molar-refractivity contribution is -0.143. The van der Waals surface area contributed by atoms with E-state index >= 15 is 0 Å². The van der Waals surface area contributed by atoms with Crippen molar-refractivity contribution < 1.29 is 9.53 Å². The molecule has 0 amide bonds. The van der Waals surface area contributed by atoms with Crippen molar-refractivity contribution in [2.75, 3.05) is 26.7 Å². The van der Waals surface area contributed by atoms with Gasteiger partial charge in [-0.1, -0.05) is 0 Å². The molecule has 0 aromatic heterocycles. The minimum absolute atomic E-state index is 0.351. The van der Waals surface area contributed by atoms with E-state index in [4.69, 9.17) is 11.3 Å². The van der Waals surface area contributed by atoms with Crippen LogP contribution in [-0.2, 0) is 9.53 Å². The average Bonchev–Trinajstić information content (AvgIpc) is 2.32. The average molecular weight is 238 g/mol. The second-order valence-corrected chi connectivity index (χ2v) is 4.72. The number of hydrogen-bond donors (Lipinski definition) is 0. The Kier molecular flexibility index (Phi) is 5.99. The zero-order chi connectivity index (χ0) is 12.7. The Morgan fingerprint density at radius 1 is 1.53 bits per heavy atom. The van der Waals surface area contributed by atoms with Crippen molar-refractivity contribution in [1.29, 1.82) is 0 Å². The van der Waals surface area contributed by atoms with E-state index in [1.807, 2.05) is 0 Å². The van der Waals surface area contributed by atoms with Crippen LogP contribution in [0.15, 0.2) is 0 Å². The molecule has 1 aliphatic heterocycles. The highest BCUT2D eigenvalue weighted by molar-refractivity contribution is 5.77. The third kappa shape index (κ3) is 4.74. The molecule has 1 unspecified atom stereocenters. The zero-order valence-corrected chi connectivity index (χ0v) is 10.8. The number of likely N-dealkylation sites (tertiary alicyclic amines) is 1. The number of esters is 1. The SMILES string of the molecule is [C-]#[N+]C(CCC1CCN(C)CC1)C(=O)OCC. The van der Waals surface area contributed by atoms with E-state index in [2.05, 4.69) is 16.8 Å². The van der Waals surface area contributed by atoms with E-state index in [1.54, 1.807) is 6.92 Å². The molecule has 0 N–H and O–H groups in total. The summed E-state index contributed by atoms with van der Waals surface area (Å²) in [7, 11) is 2.14. The molecule has 0 aromatic rings. The van der Waals surface area contributed by atoms with Gasteiger partial charge in [-0.05, 0) is 52.2 Å². The molecule has 1 fully saturated rings. The van der Waals surface area contributed by atoms with Crippen molar-refractivity contribution in [1.82, 2.24) is 4.90 Å². The first-order chi connectivity index (χ1) is 8.17. The Hall–Kier alpha value is -1.08. The fraction of sp³-hybridized carbons (Fsp3) is 0.846. The Labute approximate surface area is 104 Å². The van der Waals surface area contributed by atoms with Gasteiger partial charge in [-0.15, -0.1) is 0 Å². The molecule has 1 rings (SSSR count). The van der Waals surface area contributed by atoms with E-state index in [9.17, 15) is 4.79 Å². The maximum absolute atomic E-state index is 11.5. The van der Waals surface area contributed by atoms with Gasteiger partial charge in [0.15, 0.2) is 0 Å². The van der Waals surface area contributed by atoms with Gasteiger partial charge in [0, 0.05) is 6.42 Å². The topological polar surface area (TPSA) is 33.9 Å². The summed E-state index contributed by atoms with van der Waals surface area (Å²) in [5, 5.41) is 0. The van der Waals surface area contributed by atoms with Gasteiger partial charge in [0.1, 0.15) is 0 Å². The number of piperidine rings is 1. The van der Waals surface area contributed by atoms with Gasteiger partial charge in [-0.25, -0.2) is 11.4 Å². The lowest BCUT2D eigenvalue weighted by atomic mass is 9.91. The first kappa shape index (κ1) is 14.0. The van der Waals surface area contributed by atoms with Crippen molar-refractivity contribution in [3.63, 3.8) is 0 Å². The standard InChI is InChI=1S/C13H22N2O2/c1-4-17-13(16)12(14-2)6-5-11-7-9-15(3)10-8-11/h11-12H,4-10H2,1,3H3. The largest absolute Gasteiger partial charge is 0.460 e. The molecule has 0 spiro atoms. The first-order valence-electron chi connectivity index (χ1n) is 6.39. The van der Waals surface area contributed by atoms with Crippen LogP contribution in [0.4, 0.5) is 0 Å². The second-order valence-electron chi connectivity index (χ2n) is 4.72. The van der Waals surface area contributed by atoms with Gasteiger partial charge in [0.25, 0.3) is 0 Å². The number of nitrogens with zero attached hydrogens (tertiary/aromatic N) is 2. The zero-order valence-electron chi connectivity index (χ0n) is 10.8. The minimum atomic E-state index is -0.588. The third-order valence-corrected chi connectivity index (χ3v) is 3.40. The summed E-state index contributed by atoms with van der Waals surface area (Å²) in [5.74, 6) is 0.320. The van der Waals surface area contributed by atoms with Crippen LogP contribution in [0.3, 0.4) is 0 Å². The summed E-state index contributed by atoms with van der Waals surface area (Å²) in [6, 6.07) is -0.588. The molecule has 0 bridgehead atoms. The predicted octanol–water partition coefficient (Wildman–Crippen LogP) is 1.96. The first-order valence-corrected chi connectivity index (χ1v) is 6.39. The predicted molar refractivity (Wildman–Crippen MR) is 66.5 cm³/mol. The van der Waals surface area contributed by atoms with E-state index in [1.165, 1.54) is 12.8 Å². The molecule has 4 heteroatoms. The molecule has 96 valence electrons. The summed E-state index contributed by atoms with van der Waals surface area (Å²) in [4.78, 5) is 17.2. The van der Waals surface area contributed by atoms with Crippen LogP contribution in [0.1, 0.15) is 32.6 Å². The smallest absolute Gasteiger partial charge is 0.390 e. The number of rotatable bonds is 5. The molecule has 17 heavy (non-hydrogen) atoms. The molecule has 1 aliphatic rings. The normalized spacial score (nSPS) is 19.6. The quantitative estimate of drug-likeness (QED) is 0.542. The Bertz CT molecular complexity index is 278. The maximum Gasteiger partial charge on any atom is 0.390 e. The summed E-state index contributed by atoms with van der Waals surface area (Å²) < 4.78 is 4.89. The lowest BCUT2D eigenvalue weighted by Gasteiger charge is -2.28. The fourth-order valence-corrected chi connectivity index (χ4v) is 2.22. The van der Waals surface area contributed by atoms with Crippen molar-refractivity contribution in [3.8, 4) is 0 Å². The van der Waals surface area contributed by atoms with Crippen LogP contribution in [0.5, 0.6) is 0 Å². The molecular formula is C13H22N2O2. The van der Waals surface area contributed by atoms with Crippen molar-refractivity contribution >= 4 is 5.97 Å². The van der Waals surface area contributed by atoms with Gasteiger partial charge in [-0.3, -0.25) is 0 Å². The molecule has 0 radical (unpaired) electrons. The van der Waals surface area contributed by atoms with Crippen LogP contribution in [0.2, 0.25) is 0 Å². The Balaban J connectivity index is 2.28. The molecule has 1 heterocycles. The number of carbonyl (C=O) groups is 1. The van der Waals surface area contributed by atoms with Gasteiger partial charge in [-0.2, -0.15) is 0 Å². The molecular weight excluding hydrogens is 216 g/mol. The third-order valence-electron chi connectivity index (χ3n) is 3.40. The molecule has 0 saturated carbocycles. The van der Waals surface area contributed by atoms with Crippen molar-refractivity contribution in [3.05, 3.63) is 11.4 Å². The summed E-state index contributed by atoms with van der Waals surface area (Å²) in [6.07, 6.45) is 3.99. The van der Waals surface area contributed by atoms with E-state index in [-0.39, 0.29) is 5.97 Å². The van der Waals surface area contributed by atoms with Crippen LogP contribution in [0.25, 0.3) is 4.85 Å². The highest BCUT2D eigenvalue weighted by Gasteiger charge is 2.27. The van der Waals surface area contributed by atoms with Crippen molar-refractivity contribution in [2.45, 2.75) is 38.6 Å². The van der Waals surface area contributed by atoms with E-state index < -0.39 is 6.04 Å². The van der Waals surface area contributed by atoms with Gasteiger partial charge in [0.2, 0.25) is 0 Å². The number of hydrogen-bond acceptors (Lipinski definition) is 3. The van der Waals surface area contributed by atoms with Crippen LogP contribution in [0, 0.1) is 12.5 Å². The Morgan fingerprint density at radius 2 is 2.18 bits per heavy atom. The minimum Gasteiger partial charge on any atom is -0.460 e. The summed E-state index contributed by atoms with van der Waals surface area (Å²) in [5.41, 5.74) is 0. The van der Waals surface area contributed by atoms with Gasteiger partial charge >= 0.3 is 12.0 Å². The van der Waals surface area contributed by atoms with Gasteiger partial charge in [0.05, 0.1) is 6.61 Å². The van der Waals surface area contributed by atoms with E-state index in [0.717, 1.165) is 19.5 Å². The lowest BCUT2D eigenvalue weighted by Crippen LogP contribution is -2.31. The molecule has 1 saturated heterocycles. The van der Waals surface area contributed by atoms with Crippen LogP contribution < -0.4 is 0 Å². The van der Waals surface area contributed by atoms with Gasteiger partial charge < -0.3 is 14.5 Å². The highest BCUT2D eigenvalue weighted by atomic mass is 16.5. The number of ether oxygens (including phenoxy) is 1. The Morgan fingerprint density at radius 3 is 2.71 bits per heavy atom. The van der Waals surface area contributed by atoms with E-state index in [0.29, 0.717) is 18.9 Å². The fourth-order valence-electron chi connectivity index (χ4n) is 2.22. The monoisotopic (exact) mass is 238 g/mol. The molecule has 4 nitrogen and oxygen atoms in total. The second kappa shape index (κ2) is 7.29. The number of carbonyl (C=O) groups excluding carboxylic acids is 1. The van der Waals surface area contributed by atoms with Crippen LogP contribution in [-0.4, -0.2) is 43.7 Å². The van der Waals surface area contributed by atoms with Crippen molar-refractivity contribution in [2.24, 2.45) is 5.92 Å². The molecule has 0 aliphatic carbocycles. The summed E-state index contributed by atoms with van der Waals surface area (Å²) >= 11 is 0. The summed E-state index contributed by atoms with van der Waals surface area (Å²) in [6.45, 7) is 11.4. The van der Waals surface area contributed by atoms with Crippen LogP contribution >= 0.6 is 0 Å². The molecule has 0 aromatic carbocycles.